The molecule has 0 aliphatic rings. The van der Waals surface area contributed by atoms with E-state index >= 15 is 0 Å². The molecule has 4 heteroatoms. The van der Waals surface area contributed by atoms with Gasteiger partial charge in [-0.3, -0.25) is 4.98 Å². The molecule has 1 aromatic heterocycles. The van der Waals surface area contributed by atoms with E-state index in [1.165, 1.54) is 12.1 Å². The summed E-state index contributed by atoms with van der Waals surface area (Å²) in [5.41, 5.74) is 1.69. The van der Waals surface area contributed by atoms with Gasteiger partial charge in [-0.05, 0) is 24.3 Å². The second kappa shape index (κ2) is 5.59. The van der Waals surface area contributed by atoms with Crippen molar-refractivity contribution in [2.75, 3.05) is 0 Å². The highest BCUT2D eigenvalue weighted by Gasteiger charge is 2.09. The Balaban J connectivity index is 1.84. The van der Waals surface area contributed by atoms with E-state index in [1.807, 2.05) is 36.4 Å². The van der Waals surface area contributed by atoms with Crippen LogP contribution in [-0.2, 0) is 6.61 Å². The SMILES string of the molecule is N#Cc1c(F)cccc1OCc1cnc2ccccc2c1. The summed E-state index contributed by atoms with van der Waals surface area (Å²) in [4.78, 5) is 4.33. The molecule has 0 unspecified atom stereocenters. The van der Waals surface area contributed by atoms with Crippen molar-refractivity contribution in [3.05, 3.63) is 71.7 Å². The predicted molar refractivity (Wildman–Crippen MR) is 77.2 cm³/mol. The van der Waals surface area contributed by atoms with Crippen LogP contribution < -0.4 is 4.74 Å². The zero-order valence-electron chi connectivity index (χ0n) is 11.1. The number of nitriles is 1. The van der Waals surface area contributed by atoms with Gasteiger partial charge < -0.3 is 4.74 Å². The van der Waals surface area contributed by atoms with Crippen molar-refractivity contribution in [3.8, 4) is 11.8 Å². The molecule has 1 heterocycles. The number of aromatic nitrogens is 1. The van der Waals surface area contributed by atoms with E-state index in [0.29, 0.717) is 0 Å². The van der Waals surface area contributed by atoms with E-state index in [4.69, 9.17) is 10.00 Å². The number of fused-ring (bicyclic) bond motifs is 1. The topological polar surface area (TPSA) is 45.9 Å². The zero-order chi connectivity index (χ0) is 14.7. The molecule has 102 valence electrons. The molecular formula is C17H11FN2O. The normalized spacial score (nSPS) is 10.3. The second-order valence-corrected chi connectivity index (χ2v) is 4.55. The number of hydrogen-bond donors (Lipinski definition) is 0. The van der Waals surface area contributed by atoms with Crippen LogP contribution in [0, 0.1) is 17.1 Å². The summed E-state index contributed by atoms with van der Waals surface area (Å²) in [5, 5.41) is 9.97. The van der Waals surface area contributed by atoms with E-state index in [9.17, 15) is 4.39 Å². The van der Waals surface area contributed by atoms with Crippen molar-refractivity contribution in [2.24, 2.45) is 0 Å². The Morgan fingerprint density at radius 1 is 1.14 bits per heavy atom. The molecule has 2 aromatic carbocycles. The van der Waals surface area contributed by atoms with Gasteiger partial charge in [-0.1, -0.05) is 24.3 Å². The van der Waals surface area contributed by atoms with Crippen LogP contribution in [0.15, 0.2) is 54.7 Å². The van der Waals surface area contributed by atoms with Crippen LogP contribution in [0.4, 0.5) is 4.39 Å². The lowest BCUT2D eigenvalue weighted by molar-refractivity contribution is 0.303. The van der Waals surface area contributed by atoms with E-state index < -0.39 is 5.82 Å². The van der Waals surface area contributed by atoms with Gasteiger partial charge in [0.15, 0.2) is 0 Å². The highest BCUT2D eigenvalue weighted by atomic mass is 19.1. The molecule has 3 aromatic rings. The van der Waals surface area contributed by atoms with Crippen LogP contribution in [0.25, 0.3) is 10.9 Å². The Hall–Kier alpha value is -2.93. The third kappa shape index (κ3) is 2.67. The summed E-state index contributed by atoms with van der Waals surface area (Å²) >= 11 is 0. The molecule has 0 fully saturated rings. The number of hydrogen-bond acceptors (Lipinski definition) is 3. The number of para-hydroxylation sites is 1. The van der Waals surface area contributed by atoms with Crippen molar-refractivity contribution in [1.82, 2.24) is 4.98 Å². The molecule has 0 amide bonds. The Labute approximate surface area is 121 Å². The van der Waals surface area contributed by atoms with Crippen LogP contribution in [-0.4, -0.2) is 4.98 Å². The first kappa shape index (κ1) is 13.1. The summed E-state index contributed by atoms with van der Waals surface area (Å²) in [6.45, 7) is 0.232. The van der Waals surface area contributed by atoms with Crippen molar-refractivity contribution in [2.45, 2.75) is 6.61 Å². The predicted octanol–water partition coefficient (Wildman–Crippen LogP) is 3.82. The van der Waals surface area contributed by atoms with Gasteiger partial charge in [0.1, 0.15) is 29.8 Å². The fraction of sp³-hybridized carbons (Fsp3) is 0.0588. The lowest BCUT2D eigenvalue weighted by Crippen LogP contribution is -1.99. The van der Waals surface area contributed by atoms with Gasteiger partial charge in [0, 0.05) is 17.1 Å². The molecule has 0 N–H and O–H groups in total. The number of halogens is 1. The average molecular weight is 278 g/mol. The van der Waals surface area contributed by atoms with E-state index in [1.54, 1.807) is 12.3 Å². The highest BCUT2D eigenvalue weighted by Crippen LogP contribution is 2.22. The van der Waals surface area contributed by atoms with Gasteiger partial charge in [-0.2, -0.15) is 5.26 Å². The average Bonchev–Trinajstić information content (AvgIpc) is 2.52. The Kier molecular flexibility index (Phi) is 3.48. The fourth-order valence-corrected chi connectivity index (χ4v) is 2.09. The summed E-state index contributed by atoms with van der Waals surface area (Å²) in [6, 6.07) is 15.9. The molecule has 0 saturated carbocycles. The Bertz CT molecular complexity index is 840. The summed E-state index contributed by atoms with van der Waals surface area (Å²) in [7, 11) is 0. The maximum Gasteiger partial charge on any atom is 0.144 e. The number of benzene rings is 2. The summed E-state index contributed by atoms with van der Waals surface area (Å²) < 4.78 is 19.0. The standard InChI is InChI=1S/C17H11FN2O/c18-15-5-3-7-17(14(15)9-19)21-11-12-8-13-4-1-2-6-16(13)20-10-12/h1-8,10H,11H2. The van der Waals surface area contributed by atoms with Gasteiger partial charge in [0.05, 0.1) is 5.52 Å². The maximum atomic E-state index is 13.5. The van der Waals surface area contributed by atoms with Crippen LogP contribution >= 0.6 is 0 Å². The first-order valence-electron chi connectivity index (χ1n) is 6.43. The quantitative estimate of drug-likeness (QED) is 0.731. The van der Waals surface area contributed by atoms with Crippen molar-refractivity contribution >= 4 is 10.9 Å². The zero-order valence-corrected chi connectivity index (χ0v) is 11.1. The lowest BCUT2D eigenvalue weighted by atomic mass is 10.1. The molecule has 3 rings (SSSR count). The van der Waals surface area contributed by atoms with Crippen molar-refractivity contribution < 1.29 is 9.13 Å². The number of pyridine rings is 1. The third-order valence-corrected chi connectivity index (χ3v) is 3.13. The number of nitrogens with zero attached hydrogens (tertiary/aromatic N) is 2. The lowest BCUT2D eigenvalue weighted by Gasteiger charge is -2.08. The molecule has 0 saturated heterocycles. The Morgan fingerprint density at radius 3 is 2.86 bits per heavy atom. The minimum absolute atomic E-state index is 0.0775. The van der Waals surface area contributed by atoms with Gasteiger partial charge >= 0.3 is 0 Å². The van der Waals surface area contributed by atoms with E-state index in [0.717, 1.165) is 16.5 Å². The molecular weight excluding hydrogens is 267 g/mol. The van der Waals surface area contributed by atoms with Crippen LogP contribution in [0.5, 0.6) is 5.75 Å². The molecule has 21 heavy (non-hydrogen) atoms. The van der Waals surface area contributed by atoms with E-state index in [-0.39, 0.29) is 17.9 Å². The largest absolute Gasteiger partial charge is 0.487 e. The molecule has 0 radical (unpaired) electrons. The molecule has 0 atom stereocenters. The van der Waals surface area contributed by atoms with Gasteiger partial charge in [0.2, 0.25) is 0 Å². The first-order valence-corrected chi connectivity index (χ1v) is 6.43. The second-order valence-electron chi connectivity index (χ2n) is 4.55. The minimum Gasteiger partial charge on any atom is -0.487 e. The molecule has 0 spiro atoms. The monoisotopic (exact) mass is 278 g/mol. The van der Waals surface area contributed by atoms with Crippen LogP contribution in [0.2, 0.25) is 0 Å². The summed E-state index contributed by atoms with van der Waals surface area (Å²) in [6.07, 6.45) is 1.72. The molecule has 0 aliphatic carbocycles. The fourth-order valence-electron chi connectivity index (χ4n) is 2.09. The van der Waals surface area contributed by atoms with Crippen LogP contribution in [0.1, 0.15) is 11.1 Å². The smallest absolute Gasteiger partial charge is 0.144 e. The molecule has 3 nitrogen and oxygen atoms in total. The van der Waals surface area contributed by atoms with Gasteiger partial charge in [0.25, 0.3) is 0 Å². The van der Waals surface area contributed by atoms with Crippen molar-refractivity contribution in [3.63, 3.8) is 0 Å². The highest BCUT2D eigenvalue weighted by molar-refractivity contribution is 5.78. The van der Waals surface area contributed by atoms with Gasteiger partial charge in [-0.15, -0.1) is 0 Å². The molecule has 0 bridgehead atoms. The minimum atomic E-state index is -0.577. The summed E-state index contributed by atoms with van der Waals surface area (Å²) in [5.74, 6) is -0.336. The Morgan fingerprint density at radius 2 is 2.00 bits per heavy atom. The first-order chi connectivity index (χ1) is 10.3. The number of ether oxygens (including phenoxy) is 1. The molecule has 0 aliphatic heterocycles. The van der Waals surface area contributed by atoms with Crippen molar-refractivity contribution in [1.29, 1.82) is 5.26 Å². The van der Waals surface area contributed by atoms with E-state index in [2.05, 4.69) is 4.98 Å². The third-order valence-electron chi connectivity index (χ3n) is 3.13. The maximum absolute atomic E-state index is 13.5. The number of rotatable bonds is 3. The van der Waals surface area contributed by atoms with Gasteiger partial charge in [-0.25, -0.2) is 4.39 Å². The van der Waals surface area contributed by atoms with Crippen LogP contribution in [0.3, 0.4) is 0 Å².